The van der Waals surface area contributed by atoms with Gasteiger partial charge in [-0.2, -0.15) is 0 Å². The third kappa shape index (κ3) is 2.49. The van der Waals surface area contributed by atoms with E-state index in [9.17, 15) is 0 Å². The van der Waals surface area contributed by atoms with Gasteiger partial charge >= 0.3 is 7.12 Å². The highest BCUT2D eigenvalue weighted by atomic mass is 16.7. The smallest absolute Gasteiger partial charge is 0.398 e. The number of hydrogen-bond donors (Lipinski definition) is 0. The second-order valence-corrected chi connectivity index (χ2v) is 6.45. The molecule has 0 aromatic carbocycles. The van der Waals surface area contributed by atoms with E-state index in [4.69, 9.17) is 9.31 Å². The molecule has 0 N–H and O–H groups in total. The van der Waals surface area contributed by atoms with Gasteiger partial charge in [0, 0.05) is 18.1 Å². The first kappa shape index (κ1) is 14.3. The van der Waals surface area contributed by atoms with Crippen LogP contribution in [0.25, 0.3) is 5.69 Å². The van der Waals surface area contributed by atoms with Gasteiger partial charge in [0.05, 0.1) is 28.8 Å². The van der Waals surface area contributed by atoms with Crippen molar-refractivity contribution >= 4 is 12.7 Å². The average Bonchev–Trinajstić information content (AvgIpc) is 2.92. The summed E-state index contributed by atoms with van der Waals surface area (Å²) in [5.41, 5.74) is 2.03. The molecule has 0 amide bonds. The standard InChI is InChI=1S/C15H20BN3O2/c1-11-9-19(10-18-11)12-6-7-17-13(8-12)16-20-14(2,3)15(4,5)21-16/h6-10H,1-5H3. The van der Waals surface area contributed by atoms with E-state index < -0.39 is 7.12 Å². The molecule has 0 radical (unpaired) electrons. The number of aryl methyl sites for hydroxylation is 1. The maximum absolute atomic E-state index is 6.04. The Morgan fingerprint density at radius 3 is 2.33 bits per heavy atom. The lowest BCUT2D eigenvalue weighted by molar-refractivity contribution is 0.00578. The average molecular weight is 285 g/mol. The van der Waals surface area contributed by atoms with Crippen LogP contribution in [-0.2, 0) is 9.31 Å². The third-order valence-electron chi connectivity index (χ3n) is 4.27. The van der Waals surface area contributed by atoms with Crippen LogP contribution in [0.15, 0.2) is 30.9 Å². The van der Waals surface area contributed by atoms with Crippen molar-refractivity contribution in [1.29, 1.82) is 0 Å². The largest absolute Gasteiger partial charge is 0.514 e. The van der Waals surface area contributed by atoms with Gasteiger partial charge in [-0.15, -0.1) is 0 Å². The van der Waals surface area contributed by atoms with Crippen molar-refractivity contribution in [1.82, 2.24) is 14.5 Å². The van der Waals surface area contributed by atoms with Gasteiger partial charge in [-0.05, 0) is 46.8 Å². The molecule has 2 aromatic rings. The van der Waals surface area contributed by atoms with Crippen LogP contribution in [0, 0.1) is 6.92 Å². The summed E-state index contributed by atoms with van der Waals surface area (Å²) in [6.45, 7) is 10.1. The van der Waals surface area contributed by atoms with Crippen LogP contribution in [0.4, 0.5) is 0 Å². The Kier molecular flexibility index (Phi) is 3.18. The van der Waals surface area contributed by atoms with Crippen LogP contribution < -0.4 is 5.59 Å². The minimum Gasteiger partial charge on any atom is -0.398 e. The fourth-order valence-electron chi connectivity index (χ4n) is 2.25. The van der Waals surface area contributed by atoms with E-state index in [1.807, 2.05) is 57.5 Å². The number of imidazole rings is 1. The first-order chi connectivity index (χ1) is 9.78. The normalized spacial score (nSPS) is 20.0. The molecule has 0 spiro atoms. The molecule has 2 aromatic heterocycles. The summed E-state index contributed by atoms with van der Waals surface area (Å²) in [7, 11) is -0.445. The van der Waals surface area contributed by atoms with Crippen molar-refractivity contribution in [2.75, 3.05) is 0 Å². The van der Waals surface area contributed by atoms with Crippen molar-refractivity contribution in [3.05, 3.63) is 36.5 Å². The van der Waals surface area contributed by atoms with Gasteiger partial charge in [-0.1, -0.05) is 0 Å². The topological polar surface area (TPSA) is 49.2 Å². The molecule has 0 unspecified atom stereocenters. The lowest BCUT2D eigenvalue weighted by atomic mass is 9.84. The summed E-state index contributed by atoms with van der Waals surface area (Å²) in [6, 6.07) is 3.92. The molecular weight excluding hydrogens is 265 g/mol. The van der Waals surface area contributed by atoms with E-state index in [1.165, 1.54) is 0 Å². The van der Waals surface area contributed by atoms with Crippen LogP contribution in [0.1, 0.15) is 33.4 Å². The van der Waals surface area contributed by atoms with Crippen LogP contribution >= 0.6 is 0 Å². The predicted octanol–water partition coefficient (Wildman–Crippen LogP) is 1.87. The highest BCUT2D eigenvalue weighted by molar-refractivity contribution is 6.61. The molecule has 1 saturated heterocycles. The van der Waals surface area contributed by atoms with E-state index in [0.29, 0.717) is 0 Å². The molecule has 1 aliphatic heterocycles. The van der Waals surface area contributed by atoms with Gasteiger partial charge in [-0.3, -0.25) is 4.98 Å². The van der Waals surface area contributed by atoms with Crippen molar-refractivity contribution in [2.24, 2.45) is 0 Å². The maximum atomic E-state index is 6.04. The Hall–Kier alpha value is -1.66. The van der Waals surface area contributed by atoms with Crippen molar-refractivity contribution in [3.63, 3.8) is 0 Å². The third-order valence-corrected chi connectivity index (χ3v) is 4.27. The van der Waals surface area contributed by atoms with Gasteiger partial charge in [0.15, 0.2) is 0 Å². The molecule has 110 valence electrons. The van der Waals surface area contributed by atoms with E-state index in [1.54, 1.807) is 12.5 Å². The zero-order valence-electron chi connectivity index (χ0n) is 13.1. The number of hydrogen-bond acceptors (Lipinski definition) is 4. The predicted molar refractivity (Wildman–Crippen MR) is 81.8 cm³/mol. The molecule has 5 nitrogen and oxygen atoms in total. The molecule has 3 rings (SSSR count). The number of aromatic nitrogens is 3. The summed E-state index contributed by atoms with van der Waals surface area (Å²) < 4.78 is 14.0. The number of nitrogens with zero attached hydrogens (tertiary/aromatic N) is 3. The molecule has 21 heavy (non-hydrogen) atoms. The number of rotatable bonds is 2. The van der Waals surface area contributed by atoms with Crippen molar-refractivity contribution in [2.45, 2.75) is 45.8 Å². The summed E-state index contributed by atoms with van der Waals surface area (Å²) in [6.07, 6.45) is 5.53. The van der Waals surface area contributed by atoms with E-state index in [0.717, 1.165) is 17.0 Å². The monoisotopic (exact) mass is 285 g/mol. The second kappa shape index (κ2) is 4.68. The summed E-state index contributed by atoms with van der Waals surface area (Å²) in [5, 5.41) is 0. The molecular formula is C15H20BN3O2. The summed E-state index contributed by atoms with van der Waals surface area (Å²) in [4.78, 5) is 8.65. The Morgan fingerprint density at radius 2 is 1.76 bits per heavy atom. The van der Waals surface area contributed by atoms with Gasteiger partial charge in [0.2, 0.25) is 0 Å². The zero-order chi connectivity index (χ0) is 15.3. The Balaban J connectivity index is 1.91. The highest BCUT2D eigenvalue weighted by Crippen LogP contribution is 2.36. The summed E-state index contributed by atoms with van der Waals surface area (Å²) in [5.74, 6) is 0. The lowest BCUT2D eigenvalue weighted by Crippen LogP contribution is -2.41. The lowest BCUT2D eigenvalue weighted by Gasteiger charge is -2.32. The zero-order valence-corrected chi connectivity index (χ0v) is 13.1. The molecule has 3 heterocycles. The minimum atomic E-state index is -0.445. The molecule has 1 fully saturated rings. The highest BCUT2D eigenvalue weighted by Gasteiger charge is 2.52. The molecule has 6 heteroatoms. The van der Waals surface area contributed by atoms with Crippen LogP contribution in [0.3, 0.4) is 0 Å². The van der Waals surface area contributed by atoms with Crippen LogP contribution in [0.5, 0.6) is 0 Å². The fraction of sp³-hybridized carbons (Fsp3) is 0.467. The minimum absolute atomic E-state index is 0.360. The van der Waals surface area contributed by atoms with E-state index in [-0.39, 0.29) is 11.2 Å². The van der Waals surface area contributed by atoms with Crippen molar-refractivity contribution < 1.29 is 9.31 Å². The number of pyridine rings is 1. The van der Waals surface area contributed by atoms with Gasteiger partial charge in [0.1, 0.15) is 0 Å². The molecule has 0 atom stereocenters. The molecule has 0 bridgehead atoms. The van der Waals surface area contributed by atoms with Crippen LogP contribution in [-0.4, -0.2) is 32.9 Å². The van der Waals surface area contributed by atoms with Crippen molar-refractivity contribution in [3.8, 4) is 5.69 Å². The fourth-order valence-corrected chi connectivity index (χ4v) is 2.25. The molecule has 0 saturated carbocycles. The SMILES string of the molecule is Cc1cn(-c2ccnc(B3OC(C)(C)C(C)(C)O3)c2)cn1. The first-order valence-corrected chi connectivity index (χ1v) is 7.11. The first-order valence-electron chi connectivity index (χ1n) is 7.11. The molecule has 1 aliphatic rings. The Labute approximate surface area is 125 Å². The van der Waals surface area contributed by atoms with E-state index >= 15 is 0 Å². The maximum Gasteiger partial charge on any atom is 0.514 e. The van der Waals surface area contributed by atoms with Gasteiger partial charge in [0.25, 0.3) is 0 Å². The Bertz CT molecular complexity index is 650. The van der Waals surface area contributed by atoms with Gasteiger partial charge < -0.3 is 13.9 Å². The quantitative estimate of drug-likeness (QED) is 0.790. The van der Waals surface area contributed by atoms with E-state index in [2.05, 4.69) is 9.97 Å². The molecule has 0 aliphatic carbocycles. The van der Waals surface area contributed by atoms with Gasteiger partial charge in [-0.25, -0.2) is 4.98 Å². The summed E-state index contributed by atoms with van der Waals surface area (Å²) >= 11 is 0. The van der Waals surface area contributed by atoms with Crippen LogP contribution in [0.2, 0.25) is 0 Å². The second-order valence-electron chi connectivity index (χ2n) is 6.45. The Morgan fingerprint density at radius 1 is 1.10 bits per heavy atom.